The van der Waals surface area contributed by atoms with Crippen molar-refractivity contribution in [3.8, 4) is 0 Å². The third-order valence-electron chi connectivity index (χ3n) is 4.54. The molecule has 2 aromatic carbocycles. The average Bonchev–Trinajstić information content (AvgIpc) is 2.72. The predicted octanol–water partition coefficient (Wildman–Crippen LogP) is 3.72. The summed E-state index contributed by atoms with van der Waals surface area (Å²) in [5, 5.41) is 3.68. The van der Waals surface area contributed by atoms with Crippen molar-refractivity contribution in [3.05, 3.63) is 64.4 Å². The van der Waals surface area contributed by atoms with Crippen molar-refractivity contribution in [1.29, 1.82) is 0 Å². The minimum Gasteiger partial charge on any atom is -0.465 e. The second-order valence-electron chi connectivity index (χ2n) is 6.38. The molecule has 2 aromatic rings. The molecule has 0 aliphatic carbocycles. The number of benzene rings is 2. The first-order valence-corrected chi connectivity index (χ1v) is 9.27. The molecule has 0 spiro atoms. The number of hydrogen-bond acceptors (Lipinski definition) is 4. The van der Waals surface area contributed by atoms with Gasteiger partial charge in [-0.05, 0) is 30.3 Å². The molecule has 1 aliphatic rings. The van der Waals surface area contributed by atoms with Crippen molar-refractivity contribution in [2.75, 3.05) is 38.2 Å². The Bertz CT molecular complexity index is 876. The summed E-state index contributed by atoms with van der Waals surface area (Å²) < 4.78 is 19.2. The lowest BCUT2D eigenvalue weighted by atomic mass is 10.1. The van der Waals surface area contributed by atoms with Gasteiger partial charge in [0.15, 0.2) is 0 Å². The highest BCUT2D eigenvalue weighted by molar-refractivity contribution is 6.30. The van der Waals surface area contributed by atoms with Crippen LogP contribution in [-0.4, -0.2) is 50.2 Å². The number of amides is 2. The van der Waals surface area contributed by atoms with Gasteiger partial charge in [0.25, 0.3) is 0 Å². The van der Waals surface area contributed by atoms with E-state index < -0.39 is 11.8 Å². The minimum absolute atomic E-state index is 0. The number of carbonyl (C=O) groups is 2. The molecule has 1 N–H and O–H groups in total. The van der Waals surface area contributed by atoms with Crippen LogP contribution in [0.5, 0.6) is 0 Å². The van der Waals surface area contributed by atoms with Gasteiger partial charge < -0.3 is 15.0 Å². The first-order chi connectivity index (χ1) is 13.5. The number of urea groups is 1. The number of ether oxygens (including phenoxy) is 1. The van der Waals surface area contributed by atoms with Gasteiger partial charge in [0, 0.05) is 42.5 Å². The molecule has 1 heterocycles. The molecule has 0 unspecified atom stereocenters. The van der Waals surface area contributed by atoms with Gasteiger partial charge in [0.05, 0.1) is 19.2 Å². The van der Waals surface area contributed by atoms with Gasteiger partial charge in [-0.15, -0.1) is 12.4 Å². The Balaban J connectivity index is 0.00000300. The van der Waals surface area contributed by atoms with E-state index in [4.69, 9.17) is 11.6 Å². The smallest absolute Gasteiger partial charge is 0.337 e. The standard InChI is InChI=1S/C20H21ClFN3O3.ClH/c1-28-19(26)14-5-6-15(18(22)11-14)13-25(17-4-2-3-16(21)12-17)20(27)24-9-7-23-8-10-24;/h2-6,11-12,23H,7-10,13H2,1H3;1H. The van der Waals surface area contributed by atoms with Gasteiger partial charge in [0.2, 0.25) is 0 Å². The fourth-order valence-electron chi connectivity index (χ4n) is 3.03. The van der Waals surface area contributed by atoms with Gasteiger partial charge in [-0.2, -0.15) is 0 Å². The number of esters is 1. The Morgan fingerprint density at radius 2 is 1.93 bits per heavy atom. The Morgan fingerprint density at radius 1 is 1.21 bits per heavy atom. The Kier molecular flexibility index (Phi) is 8.25. The minimum atomic E-state index is -0.617. The number of anilines is 1. The van der Waals surface area contributed by atoms with E-state index in [1.165, 1.54) is 24.1 Å². The third kappa shape index (κ3) is 5.59. The number of nitrogens with zero attached hydrogens (tertiary/aromatic N) is 2. The summed E-state index contributed by atoms with van der Waals surface area (Å²) in [5.74, 6) is -1.20. The van der Waals surface area contributed by atoms with Crippen molar-refractivity contribution in [1.82, 2.24) is 10.2 Å². The first-order valence-electron chi connectivity index (χ1n) is 8.89. The number of carbonyl (C=O) groups excluding carboxylic acids is 2. The van der Waals surface area contributed by atoms with Gasteiger partial charge in [0.1, 0.15) is 5.82 Å². The summed E-state index contributed by atoms with van der Waals surface area (Å²) in [6.45, 7) is 2.56. The molecule has 6 nitrogen and oxygen atoms in total. The van der Waals surface area contributed by atoms with E-state index in [9.17, 15) is 14.0 Å². The fourth-order valence-corrected chi connectivity index (χ4v) is 3.22. The molecule has 0 radical (unpaired) electrons. The number of methoxy groups -OCH3 is 1. The van der Waals surface area contributed by atoms with Crippen LogP contribution < -0.4 is 10.2 Å². The predicted molar refractivity (Wildman–Crippen MR) is 112 cm³/mol. The largest absolute Gasteiger partial charge is 0.465 e. The lowest BCUT2D eigenvalue weighted by Gasteiger charge is -2.33. The van der Waals surface area contributed by atoms with Crippen molar-refractivity contribution < 1.29 is 18.7 Å². The summed E-state index contributed by atoms with van der Waals surface area (Å²) in [5.41, 5.74) is 0.982. The lowest BCUT2D eigenvalue weighted by Crippen LogP contribution is -2.51. The molecule has 0 aromatic heterocycles. The molecular weight excluding hydrogens is 420 g/mol. The van der Waals surface area contributed by atoms with Gasteiger partial charge in [-0.3, -0.25) is 4.90 Å². The third-order valence-corrected chi connectivity index (χ3v) is 4.78. The zero-order chi connectivity index (χ0) is 20.1. The molecule has 1 fully saturated rings. The van der Waals surface area contributed by atoms with E-state index in [0.717, 1.165) is 6.07 Å². The number of hydrogen-bond donors (Lipinski definition) is 1. The normalized spacial score (nSPS) is 13.4. The molecule has 0 bridgehead atoms. The maximum atomic E-state index is 14.6. The summed E-state index contributed by atoms with van der Waals surface area (Å²) in [6, 6.07) is 10.7. The first kappa shape index (κ1) is 22.9. The average molecular weight is 442 g/mol. The molecule has 1 saturated heterocycles. The van der Waals surface area contributed by atoms with Crippen LogP contribution in [0, 0.1) is 5.82 Å². The van der Waals surface area contributed by atoms with Crippen LogP contribution in [0.3, 0.4) is 0 Å². The van der Waals surface area contributed by atoms with E-state index in [0.29, 0.717) is 36.9 Å². The second kappa shape index (κ2) is 10.4. The van der Waals surface area contributed by atoms with Crippen LogP contribution in [0.25, 0.3) is 0 Å². The van der Waals surface area contributed by atoms with Crippen LogP contribution in [0.4, 0.5) is 14.9 Å². The SMILES string of the molecule is COC(=O)c1ccc(CN(C(=O)N2CCNCC2)c2cccc(Cl)c2)c(F)c1.Cl. The van der Waals surface area contributed by atoms with Crippen molar-refractivity contribution >= 4 is 41.7 Å². The van der Waals surface area contributed by atoms with Crippen LogP contribution >= 0.6 is 24.0 Å². The Hall–Kier alpha value is -2.35. The van der Waals surface area contributed by atoms with Gasteiger partial charge in [-0.25, -0.2) is 14.0 Å². The number of halogens is 3. The van der Waals surface area contributed by atoms with Crippen LogP contribution in [-0.2, 0) is 11.3 Å². The van der Waals surface area contributed by atoms with Gasteiger partial charge >= 0.3 is 12.0 Å². The van der Waals surface area contributed by atoms with E-state index in [2.05, 4.69) is 10.1 Å². The quantitative estimate of drug-likeness (QED) is 0.734. The van der Waals surface area contributed by atoms with E-state index in [1.807, 2.05) is 0 Å². The fraction of sp³-hybridized carbons (Fsp3) is 0.300. The van der Waals surface area contributed by atoms with Crippen LogP contribution in [0.2, 0.25) is 5.02 Å². The van der Waals surface area contributed by atoms with Crippen LogP contribution in [0.1, 0.15) is 15.9 Å². The summed E-state index contributed by atoms with van der Waals surface area (Å²) in [7, 11) is 1.24. The molecular formula is C20H22Cl2FN3O3. The topological polar surface area (TPSA) is 61.9 Å². The number of rotatable bonds is 4. The molecule has 29 heavy (non-hydrogen) atoms. The maximum Gasteiger partial charge on any atom is 0.337 e. The molecule has 0 atom stereocenters. The zero-order valence-corrected chi connectivity index (χ0v) is 17.4. The van der Waals surface area contributed by atoms with Crippen LogP contribution in [0.15, 0.2) is 42.5 Å². The van der Waals surface area contributed by atoms with Crippen molar-refractivity contribution in [3.63, 3.8) is 0 Å². The molecule has 2 amide bonds. The highest BCUT2D eigenvalue weighted by Crippen LogP contribution is 2.24. The number of piperazine rings is 1. The van der Waals surface area contributed by atoms with Crippen molar-refractivity contribution in [2.24, 2.45) is 0 Å². The summed E-state index contributed by atoms with van der Waals surface area (Å²) >= 11 is 6.10. The maximum absolute atomic E-state index is 14.6. The highest BCUT2D eigenvalue weighted by Gasteiger charge is 2.25. The monoisotopic (exact) mass is 441 g/mol. The van der Waals surface area contributed by atoms with Crippen molar-refractivity contribution in [2.45, 2.75) is 6.54 Å². The molecule has 1 aliphatic heterocycles. The van der Waals surface area contributed by atoms with E-state index in [-0.39, 0.29) is 36.1 Å². The second-order valence-corrected chi connectivity index (χ2v) is 6.82. The summed E-state index contributed by atoms with van der Waals surface area (Å²) in [6.07, 6.45) is 0. The van der Waals surface area contributed by atoms with E-state index in [1.54, 1.807) is 29.2 Å². The number of nitrogens with one attached hydrogen (secondary N) is 1. The summed E-state index contributed by atoms with van der Waals surface area (Å²) in [4.78, 5) is 27.9. The molecule has 156 valence electrons. The van der Waals surface area contributed by atoms with E-state index >= 15 is 0 Å². The lowest BCUT2D eigenvalue weighted by molar-refractivity contribution is 0.0600. The Labute approximate surface area is 180 Å². The molecule has 9 heteroatoms. The highest BCUT2D eigenvalue weighted by atomic mass is 35.5. The molecule has 3 rings (SSSR count). The zero-order valence-electron chi connectivity index (χ0n) is 15.9. The molecule has 0 saturated carbocycles. The Morgan fingerprint density at radius 3 is 2.55 bits per heavy atom. The van der Waals surface area contributed by atoms with Gasteiger partial charge in [-0.1, -0.05) is 23.7 Å².